The number of rotatable bonds is 4. The Balaban J connectivity index is 1.91. The second-order valence-electron chi connectivity index (χ2n) is 4.83. The first-order valence-electron chi connectivity index (χ1n) is 6.93. The Morgan fingerprint density at radius 2 is 2.17 bits per heavy atom. The van der Waals surface area contributed by atoms with E-state index in [-0.39, 0.29) is 0 Å². The molecule has 23 heavy (non-hydrogen) atoms. The van der Waals surface area contributed by atoms with Crippen LogP contribution in [0.2, 0.25) is 5.15 Å². The average Bonchev–Trinajstić information content (AvgIpc) is 3.09. The molecule has 2 aromatic heterocycles. The summed E-state index contributed by atoms with van der Waals surface area (Å²) in [6.07, 6.45) is 1.62. The van der Waals surface area contributed by atoms with Crippen LogP contribution in [0.4, 0.5) is 0 Å². The minimum Gasteiger partial charge on any atom is -0.497 e. The molecule has 0 N–H and O–H groups in total. The number of nitrogens with zero attached hydrogens (tertiary/aromatic N) is 3. The van der Waals surface area contributed by atoms with Crippen molar-refractivity contribution in [3.8, 4) is 5.75 Å². The maximum absolute atomic E-state index is 6.21. The molecule has 0 atom stereocenters. The highest BCUT2D eigenvalue weighted by Crippen LogP contribution is 2.23. The monoisotopic (exact) mass is 343 g/mol. The molecule has 3 rings (SSSR count). The number of pyridine rings is 1. The van der Waals surface area contributed by atoms with E-state index >= 15 is 0 Å². The molecule has 0 amide bonds. The summed E-state index contributed by atoms with van der Waals surface area (Å²) in [4.78, 5) is 5.46. The summed E-state index contributed by atoms with van der Waals surface area (Å²) < 4.78 is 5.23. The Morgan fingerprint density at radius 3 is 2.91 bits per heavy atom. The molecule has 3 aromatic rings. The molecule has 1 aromatic carbocycles. The standard InChI is InChI=1S/C17H14ClN3OS/c1-11(16-4-3-7-23-16)21-19-10-13-8-12-9-14(22-2)5-6-15(12)20-17(13)18/h3-10H,1-2H3. The van der Waals surface area contributed by atoms with Crippen molar-refractivity contribution in [2.45, 2.75) is 6.92 Å². The van der Waals surface area contributed by atoms with Crippen molar-refractivity contribution in [3.05, 3.63) is 57.4 Å². The van der Waals surface area contributed by atoms with E-state index < -0.39 is 0 Å². The van der Waals surface area contributed by atoms with Crippen molar-refractivity contribution in [1.82, 2.24) is 4.98 Å². The minimum absolute atomic E-state index is 0.399. The molecule has 0 spiro atoms. The van der Waals surface area contributed by atoms with Gasteiger partial charge in [0.15, 0.2) is 0 Å². The number of benzene rings is 1. The molecular weight excluding hydrogens is 330 g/mol. The normalized spacial score (nSPS) is 12.2. The van der Waals surface area contributed by atoms with E-state index in [1.54, 1.807) is 24.7 Å². The van der Waals surface area contributed by atoms with Gasteiger partial charge in [0.25, 0.3) is 0 Å². The molecule has 0 saturated carbocycles. The first kappa shape index (κ1) is 15.6. The van der Waals surface area contributed by atoms with E-state index in [0.29, 0.717) is 5.15 Å². The lowest BCUT2D eigenvalue weighted by atomic mass is 10.1. The van der Waals surface area contributed by atoms with Gasteiger partial charge in [0, 0.05) is 10.9 Å². The lowest BCUT2D eigenvalue weighted by molar-refractivity contribution is 0.415. The molecule has 0 aliphatic rings. The van der Waals surface area contributed by atoms with E-state index in [1.807, 2.05) is 48.7 Å². The van der Waals surface area contributed by atoms with E-state index in [2.05, 4.69) is 15.2 Å². The van der Waals surface area contributed by atoms with Gasteiger partial charge in [0.2, 0.25) is 0 Å². The Hall–Kier alpha value is -2.24. The highest BCUT2D eigenvalue weighted by Gasteiger charge is 2.04. The molecule has 0 fully saturated rings. The van der Waals surface area contributed by atoms with Gasteiger partial charge in [-0.3, -0.25) is 0 Å². The third kappa shape index (κ3) is 3.57. The van der Waals surface area contributed by atoms with Crippen molar-refractivity contribution in [3.63, 3.8) is 0 Å². The van der Waals surface area contributed by atoms with Crippen molar-refractivity contribution < 1.29 is 4.74 Å². The van der Waals surface area contributed by atoms with Gasteiger partial charge in [-0.2, -0.15) is 10.2 Å². The molecular formula is C17H14ClN3OS. The molecule has 0 bridgehead atoms. The van der Waals surface area contributed by atoms with Crippen LogP contribution >= 0.6 is 22.9 Å². The Morgan fingerprint density at radius 1 is 1.30 bits per heavy atom. The Kier molecular flexibility index (Phi) is 4.69. The Labute approximate surface area is 143 Å². The zero-order valence-electron chi connectivity index (χ0n) is 12.7. The number of hydrogen-bond acceptors (Lipinski definition) is 5. The van der Waals surface area contributed by atoms with Crippen LogP contribution < -0.4 is 4.74 Å². The maximum atomic E-state index is 6.21. The van der Waals surface area contributed by atoms with Gasteiger partial charge in [-0.15, -0.1) is 11.3 Å². The summed E-state index contributed by atoms with van der Waals surface area (Å²) in [6, 6.07) is 11.6. The van der Waals surface area contributed by atoms with Crippen molar-refractivity contribution in [2.75, 3.05) is 7.11 Å². The molecule has 0 aliphatic carbocycles. The minimum atomic E-state index is 0.399. The van der Waals surface area contributed by atoms with E-state index in [1.165, 1.54) is 0 Å². The first-order chi connectivity index (χ1) is 11.2. The third-order valence-electron chi connectivity index (χ3n) is 3.28. The molecule has 6 heteroatoms. The van der Waals surface area contributed by atoms with Crippen LogP contribution in [0.1, 0.15) is 17.4 Å². The second kappa shape index (κ2) is 6.89. The number of fused-ring (bicyclic) bond motifs is 1. The fraction of sp³-hybridized carbons (Fsp3) is 0.118. The summed E-state index contributed by atoms with van der Waals surface area (Å²) >= 11 is 7.84. The molecule has 2 heterocycles. The molecule has 0 radical (unpaired) electrons. The lowest BCUT2D eigenvalue weighted by Gasteiger charge is -2.04. The van der Waals surface area contributed by atoms with Crippen molar-refractivity contribution in [2.24, 2.45) is 10.2 Å². The zero-order chi connectivity index (χ0) is 16.2. The summed E-state index contributed by atoms with van der Waals surface area (Å²) in [7, 11) is 1.63. The second-order valence-corrected chi connectivity index (χ2v) is 6.14. The quantitative estimate of drug-likeness (QED) is 0.388. The van der Waals surface area contributed by atoms with E-state index in [4.69, 9.17) is 16.3 Å². The number of thiophene rings is 1. The smallest absolute Gasteiger partial charge is 0.138 e. The van der Waals surface area contributed by atoms with Gasteiger partial charge in [-0.25, -0.2) is 4.98 Å². The zero-order valence-corrected chi connectivity index (χ0v) is 14.2. The number of hydrogen-bond donors (Lipinski definition) is 0. The molecule has 0 unspecified atom stereocenters. The fourth-order valence-corrected chi connectivity index (χ4v) is 2.94. The van der Waals surface area contributed by atoms with Crippen LogP contribution in [0.25, 0.3) is 10.9 Å². The molecule has 4 nitrogen and oxygen atoms in total. The Bertz CT molecular complexity index is 888. The van der Waals surface area contributed by atoms with Crippen LogP contribution in [0, 0.1) is 0 Å². The van der Waals surface area contributed by atoms with Gasteiger partial charge in [-0.1, -0.05) is 17.7 Å². The molecule has 0 aliphatic heterocycles. The van der Waals surface area contributed by atoms with Crippen LogP contribution in [-0.2, 0) is 0 Å². The van der Waals surface area contributed by atoms with Gasteiger partial charge in [0.1, 0.15) is 10.9 Å². The highest BCUT2D eigenvalue weighted by atomic mass is 35.5. The topological polar surface area (TPSA) is 46.8 Å². The summed E-state index contributed by atoms with van der Waals surface area (Å²) in [6.45, 7) is 1.92. The van der Waals surface area contributed by atoms with Crippen molar-refractivity contribution >= 4 is 45.8 Å². The molecule has 0 saturated heterocycles. The first-order valence-corrected chi connectivity index (χ1v) is 8.19. The van der Waals surface area contributed by atoms with Crippen molar-refractivity contribution in [1.29, 1.82) is 0 Å². The van der Waals surface area contributed by atoms with Gasteiger partial charge < -0.3 is 4.74 Å². The summed E-state index contributed by atoms with van der Waals surface area (Å²) in [5.41, 5.74) is 2.39. The summed E-state index contributed by atoms with van der Waals surface area (Å²) in [5.74, 6) is 0.774. The van der Waals surface area contributed by atoms with E-state index in [9.17, 15) is 0 Å². The van der Waals surface area contributed by atoms with E-state index in [0.717, 1.165) is 32.8 Å². The number of methoxy groups -OCH3 is 1. The third-order valence-corrected chi connectivity index (χ3v) is 4.57. The van der Waals surface area contributed by atoms with Crippen LogP contribution in [-0.4, -0.2) is 24.0 Å². The van der Waals surface area contributed by atoms with Crippen LogP contribution in [0.15, 0.2) is 52.0 Å². The predicted octanol–water partition coefficient (Wildman–Crippen LogP) is 4.80. The van der Waals surface area contributed by atoms with Gasteiger partial charge in [-0.05, 0) is 42.6 Å². The largest absolute Gasteiger partial charge is 0.497 e. The SMILES string of the molecule is COc1ccc2nc(Cl)c(C=NN=C(C)c3cccs3)cc2c1. The summed E-state index contributed by atoms with van der Waals surface area (Å²) in [5, 5.41) is 11.7. The highest BCUT2D eigenvalue weighted by molar-refractivity contribution is 7.12. The maximum Gasteiger partial charge on any atom is 0.138 e. The van der Waals surface area contributed by atoms with Crippen LogP contribution in [0.3, 0.4) is 0 Å². The number of halogens is 1. The molecule has 116 valence electrons. The van der Waals surface area contributed by atoms with Gasteiger partial charge >= 0.3 is 0 Å². The van der Waals surface area contributed by atoms with Gasteiger partial charge in [0.05, 0.1) is 29.4 Å². The predicted molar refractivity (Wildman–Crippen MR) is 97.4 cm³/mol. The lowest BCUT2D eigenvalue weighted by Crippen LogP contribution is -1.91. The average molecular weight is 344 g/mol. The fourth-order valence-electron chi connectivity index (χ4n) is 2.08. The number of ether oxygens (including phenoxy) is 1. The number of aromatic nitrogens is 1. The van der Waals surface area contributed by atoms with Crippen LogP contribution in [0.5, 0.6) is 5.75 Å².